The number of esters is 2. The van der Waals surface area contributed by atoms with Crippen molar-refractivity contribution in [3.63, 3.8) is 0 Å². The van der Waals surface area contributed by atoms with Gasteiger partial charge in [-0.2, -0.15) is 5.26 Å². The van der Waals surface area contributed by atoms with Crippen LogP contribution in [0.4, 0.5) is 0 Å². The van der Waals surface area contributed by atoms with E-state index in [1.54, 1.807) is 19.1 Å². The van der Waals surface area contributed by atoms with Crippen molar-refractivity contribution >= 4 is 11.9 Å². The maximum atomic E-state index is 11.8. The van der Waals surface area contributed by atoms with Gasteiger partial charge in [0, 0.05) is 12.5 Å². The monoisotopic (exact) mass is 421 g/mol. The molecule has 0 heterocycles. The smallest absolute Gasteiger partial charge is 0.330 e. The first-order valence-electron chi connectivity index (χ1n) is 10.2. The normalized spacial score (nSPS) is 11.1. The van der Waals surface area contributed by atoms with Crippen LogP contribution in [0.5, 0.6) is 5.75 Å². The summed E-state index contributed by atoms with van der Waals surface area (Å²) in [5.74, 6) is -0.0482. The number of unbranched alkanes of at least 4 members (excludes halogenated alkanes) is 2. The third-order valence-electron chi connectivity index (χ3n) is 4.46. The van der Waals surface area contributed by atoms with Gasteiger partial charge in [-0.15, -0.1) is 0 Å². The van der Waals surface area contributed by atoms with Crippen LogP contribution in [0.15, 0.2) is 61.2 Å². The Bertz CT molecular complexity index is 897. The second-order valence-electron chi connectivity index (χ2n) is 7.01. The highest BCUT2D eigenvalue weighted by molar-refractivity contribution is 5.81. The molecular weight excluding hydrogens is 394 g/mol. The van der Waals surface area contributed by atoms with Crippen molar-refractivity contribution in [2.75, 3.05) is 13.2 Å². The van der Waals surface area contributed by atoms with Crippen LogP contribution < -0.4 is 4.74 Å². The predicted molar refractivity (Wildman–Crippen MR) is 117 cm³/mol. The number of hydrogen-bond donors (Lipinski definition) is 0. The van der Waals surface area contributed by atoms with Gasteiger partial charge in [0.25, 0.3) is 0 Å². The first kappa shape index (κ1) is 23.7. The van der Waals surface area contributed by atoms with Crippen molar-refractivity contribution in [3.8, 4) is 22.9 Å². The predicted octanol–water partition coefficient (Wildman–Crippen LogP) is 4.83. The van der Waals surface area contributed by atoms with Crippen LogP contribution in [0.1, 0.15) is 38.2 Å². The molecule has 6 heteroatoms. The van der Waals surface area contributed by atoms with Gasteiger partial charge in [0.2, 0.25) is 0 Å². The molecule has 2 aromatic rings. The third-order valence-corrected chi connectivity index (χ3v) is 4.46. The summed E-state index contributed by atoms with van der Waals surface area (Å²) in [4.78, 5) is 22.8. The average Bonchev–Trinajstić information content (AvgIpc) is 2.80. The molecule has 31 heavy (non-hydrogen) atoms. The van der Waals surface area contributed by atoms with Crippen molar-refractivity contribution in [1.82, 2.24) is 0 Å². The molecule has 0 saturated heterocycles. The fourth-order valence-electron chi connectivity index (χ4n) is 2.79. The molecule has 2 rings (SSSR count). The zero-order valence-electron chi connectivity index (χ0n) is 17.7. The summed E-state index contributed by atoms with van der Waals surface area (Å²) < 4.78 is 15.8. The van der Waals surface area contributed by atoms with E-state index in [9.17, 15) is 9.59 Å². The van der Waals surface area contributed by atoms with Crippen molar-refractivity contribution in [2.45, 2.75) is 38.7 Å². The van der Waals surface area contributed by atoms with E-state index in [1.165, 1.54) is 0 Å². The summed E-state index contributed by atoms with van der Waals surface area (Å²) in [7, 11) is 0. The highest BCUT2D eigenvalue weighted by Gasteiger charge is 2.11. The van der Waals surface area contributed by atoms with Gasteiger partial charge >= 0.3 is 11.9 Å². The molecule has 0 saturated carbocycles. The fourth-order valence-corrected chi connectivity index (χ4v) is 2.79. The van der Waals surface area contributed by atoms with Gasteiger partial charge in [0.15, 0.2) is 0 Å². The van der Waals surface area contributed by atoms with Gasteiger partial charge in [-0.3, -0.25) is 4.79 Å². The number of ether oxygens (including phenoxy) is 3. The summed E-state index contributed by atoms with van der Waals surface area (Å²) in [6, 6.07) is 17.4. The van der Waals surface area contributed by atoms with Crippen LogP contribution in [-0.4, -0.2) is 31.3 Å². The van der Waals surface area contributed by atoms with Crippen LogP contribution in [-0.2, 0) is 19.1 Å². The average molecular weight is 421 g/mol. The summed E-state index contributed by atoms with van der Waals surface area (Å²) in [5, 5.41) is 8.87. The lowest BCUT2D eigenvalue weighted by Gasteiger charge is -2.13. The van der Waals surface area contributed by atoms with Gasteiger partial charge in [-0.25, -0.2) is 4.79 Å². The summed E-state index contributed by atoms with van der Waals surface area (Å²) >= 11 is 0. The maximum absolute atomic E-state index is 11.8. The van der Waals surface area contributed by atoms with Gasteiger partial charge < -0.3 is 14.2 Å². The lowest BCUT2D eigenvalue weighted by Crippen LogP contribution is -2.21. The Kier molecular flexibility index (Phi) is 9.83. The second kappa shape index (κ2) is 12.9. The molecule has 0 aliphatic rings. The highest BCUT2D eigenvalue weighted by atomic mass is 16.6. The van der Waals surface area contributed by atoms with Gasteiger partial charge in [-0.1, -0.05) is 30.8 Å². The van der Waals surface area contributed by atoms with E-state index in [-0.39, 0.29) is 12.6 Å². The number of nitriles is 1. The molecule has 0 radical (unpaired) electrons. The molecular formula is C25H27NO5. The zero-order valence-corrected chi connectivity index (χ0v) is 17.7. The Morgan fingerprint density at radius 1 is 1.03 bits per heavy atom. The van der Waals surface area contributed by atoms with E-state index in [2.05, 4.69) is 12.6 Å². The SMILES string of the molecule is C=CC(=O)OCC(C)OC(=O)CCCCCOc1ccc(-c2ccc(C#N)cc2)cc1. The molecule has 6 nitrogen and oxygen atoms in total. The van der Waals surface area contributed by atoms with E-state index in [1.807, 2.05) is 36.4 Å². The number of benzene rings is 2. The first-order valence-corrected chi connectivity index (χ1v) is 10.2. The largest absolute Gasteiger partial charge is 0.494 e. The molecule has 0 bridgehead atoms. The molecule has 0 spiro atoms. The Labute approximate surface area is 183 Å². The Morgan fingerprint density at radius 2 is 1.68 bits per heavy atom. The Balaban J connectivity index is 1.60. The summed E-state index contributed by atoms with van der Waals surface area (Å²) in [6.45, 7) is 5.57. The molecule has 0 aliphatic heterocycles. The minimum absolute atomic E-state index is 0.0222. The highest BCUT2D eigenvalue weighted by Crippen LogP contribution is 2.23. The number of carbonyl (C=O) groups excluding carboxylic acids is 2. The zero-order chi connectivity index (χ0) is 22.5. The van der Waals surface area contributed by atoms with Gasteiger partial charge in [-0.05, 0) is 61.6 Å². The number of hydrogen-bond acceptors (Lipinski definition) is 6. The van der Waals surface area contributed by atoms with Crippen molar-refractivity contribution in [1.29, 1.82) is 5.26 Å². The second-order valence-corrected chi connectivity index (χ2v) is 7.01. The molecule has 1 unspecified atom stereocenters. The van der Waals surface area contributed by atoms with E-state index < -0.39 is 12.1 Å². The van der Waals surface area contributed by atoms with E-state index >= 15 is 0 Å². The number of carbonyl (C=O) groups is 2. The topological polar surface area (TPSA) is 85.6 Å². The minimum atomic E-state index is -0.535. The number of rotatable bonds is 12. The quantitative estimate of drug-likeness (QED) is 0.277. The Hall–Kier alpha value is -3.59. The number of nitrogens with zero attached hydrogens (tertiary/aromatic N) is 1. The molecule has 0 aromatic heterocycles. The van der Waals surface area contributed by atoms with E-state index in [0.29, 0.717) is 25.0 Å². The van der Waals surface area contributed by atoms with E-state index in [0.717, 1.165) is 35.8 Å². The first-order chi connectivity index (χ1) is 15.0. The summed E-state index contributed by atoms with van der Waals surface area (Å²) in [5.41, 5.74) is 2.75. The molecule has 1 atom stereocenters. The standard InChI is InChI=1S/C25H27NO5/c1-3-24(27)30-18-19(2)31-25(28)7-5-4-6-16-29-23-14-12-22(13-15-23)21-10-8-20(17-26)9-11-21/h3,8-15,19H,1,4-7,16,18H2,2H3. The maximum Gasteiger partial charge on any atom is 0.330 e. The lowest BCUT2D eigenvalue weighted by atomic mass is 10.0. The Morgan fingerprint density at radius 3 is 2.29 bits per heavy atom. The van der Waals surface area contributed by atoms with Crippen molar-refractivity contribution in [2.24, 2.45) is 0 Å². The molecule has 0 fully saturated rings. The van der Waals surface area contributed by atoms with Crippen LogP contribution in [0.2, 0.25) is 0 Å². The third kappa shape index (κ3) is 8.75. The lowest BCUT2D eigenvalue weighted by molar-refractivity contribution is -0.155. The van der Waals surface area contributed by atoms with Crippen molar-refractivity contribution in [3.05, 3.63) is 66.7 Å². The van der Waals surface area contributed by atoms with E-state index in [4.69, 9.17) is 19.5 Å². The van der Waals surface area contributed by atoms with Crippen LogP contribution >= 0.6 is 0 Å². The molecule has 2 aromatic carbocycles. The molecule has 162 valence electrons. The molecule has 0 N–H and O–H groups in total. The fraction of sp³-hybridized carbons (Fsp3) is 0.320. The van der Waals surface area contributed by atoms with Gasteiger partial charge in [0.05, 0.1) is 18.2 Å². The van der Waals surface area contributed by atoms with Crippen LogP contribution in [0.3, 0.4) is 0 Å². The minimum Gasteiger partial charge on any atom is -0.494 e. The molecule has 0 amide bonds. The molecule has 0 aliphatic carbocycles. The summed E-state index contributed by atoms with van der Waals surface area (Å²) in [6.07, 6.45) is 3.29. The van der Waals surface area contributed by atoms with Crippen molar-refractivity contribution < 1.29 is 23.8 Å². The van der Waals surface area contributed by atoms with Crippen LogP contribution in [0, 0.1) is 11.3 Å². The van der Waals surface area contributed by atoms with Crippen LogP contribution in [0.25, 0.3) is 11.1 Å². The van der Waals surface area contributed by atoms with Gasteiger partial charge in [0.1, 0.15) is 18.5 Å².